The summed E-state index contributed by atoms with van der Waals surface area (Å²) in [5, 5.41) is 0.352. The van der Waals surface area contributed by atoms with Gasteiger partial charge in [0.1, 0.15) is 0 Å². The van der Waals surface area contributed by atoms with Gasteiger partial charge in [-0.2, -0.15) is 0 Å². The molecule has 0 spiro atoms. The summed E-state index contributed by atoms with van der Waals surface area (Å²) < 4.78 is 31.3. The molecule has 3 N–H and O–H groups in total. The molecule has 0 aromatic heterocycles. The molecule has 0 aliphatic rings. The van der Waals surface area contributed by atoms with Crippen LogP contribution in [0.1, 0.15) is 12.5 Å². The van der Waals surface area contributed by atoms with E-state index < -0.39 is 10.0 Å². The second-order valence-electron chi connectivity index (χ2n) is 3.55. The highest BCUT2D eigenvalue weighted by atomic mass is 35.5. The lowest BCUT2D eigenvalue weighted by atomic mass is 10.2. The van der Waals surface area contributed by atoms with Crippen LogP contribution in [0.25, 0.3) is 0 Å². The molecule has 0 aliphatic heterocycles. The number of sulfonamides is 1. The lowest BCUT2D eigenvalue weighted by Crippen LogP contribution is -2.27. The minimum absolute atomic E-state index is 0.126. The first kappa shape index (κ1) is 15.4. The highest BCUT2D eigenvalue weighted by molar-refractivity contribution is 7.89. The van der Waals surface area contributed by atoms with Crippen molar-refractivity contribution in [1.29, 1.82) is 0 Å². The van der Waals surface area contributed by atoms with Crippen molar-refractivity contribution in [1.82, 2.24) is 4.72 Å². The molecule has 7 heteroatoms. The Morgan fingerprint density at radius 1 is 1.44 bits per heavy atom. The summed E-state index contributed by atoms with van der Waals surface area (Å²) in [6, 6.07) is 4.49. The maximum Gasteiger partial charge on any atom is 0.240 e. The largest absolute Gasteiger partial charge is 0.380 e. The monoisotopic (exact) mass is 292 g/mol. The first-order chi connectivity index (χ1) is 8.51. The number of benzene rings is 1. The first-order valence-corrected chi connectivity index (χ1v) is 7.43. The summed E-state index contributed by atoms with van der Waals surface area (Å²) in [5.74, 6) is 0. The SMILES string of the molecule is CCOCCNS(=O)(=O)c1ccc(CN)c(Cl)c1. The van der Waals surface area contributed by atoms with Crippen LogP contribution in [0.2, 0.25) is 5.02 Å². The number of nitrogens with two attached hydrogens (primary N) is 1. The van der Waals surface area contributed by atoms with Gasteiger partial charge in [-0.1, -0.05) is 17.7 Å². The summed E-state index contributed by atoms with van der Waals surface area (Å²) in [5.41, 5.74) is 6.17. The van der Waals surface area contributed by atoms with Gasteiger partial charge in [-0.3, -0.25) is 0 Å². The molecular formula is C11H17ClN2O3S. The lowest BCUT2D eigenvalue weighted by molar-refractivity contribution is 0.153. The Balaban J connectivity index is 2.76. The molecule has 18 heavy (non-hydrogen) atoms. The van der Waals surface area contributed by atoms with Gasteiger partial charge in [0.15, 0.2) is 0 Å². The molecule has 0 radical (unpaired) electrons. The Hall–Kier alpha value is -0.660. The highest BCUT2D eigenvalue weighted by Gasteiger charge is 2.14. The Kier molecular flexibility index (Phi) is 6.04. The molecule has 1 aromatic rings. The van der Waals surface area contributed by atoms with Crippen LogP contribution in [0.15, 0.2) is 23.1 Å². The Morgan fingerprint density at radius 3 is 2.72 bits per heavy atom. The van der Waals surface area contributed by atoms with E-state index in [9.17, 15) is 8.42 Å². The number of nitrogens with one attached hydrogen (secondary N) is 1. The maximum atomic E-state index is 11.9. The van der Waals surface area contributed by atoms with E-state index in [4.69, 9.17) is 22.1 Å². The van der Waals surface area contributed by atoms with E-state index in [0.717, 1.165) is 0 Å². The van der Waals surface area contributed by atoms with Crippen molar-refractivity contribution in [3.05, 3.63) is 28.8 Å². The summed E-state index contributed by atoms with van der Waals surface area (Å²) in [6.45, 7) is 3.24. The van der Waals surface area contributed by atoms with Crippen molar-refractivity contribution in [3.63, 3.8) is 0 Å². The van der Waals surface area contributed by atoms with Gasteiger partial charge in [0.25, 0.3) is 0 Å². The third-order valence-corrected chi connectivity index (χ3v) is 4.11. The average Bonchev–Trinajstić information content (AvgIpc) is 2.34. The summed E-state index contributed by atoms with van der Waals surface area (Å²) in [6.07, 6.45) is 0. The number of halogens is 1. The van der Waals surface area contributed by atoms with E-state index in [1.54, 1.807) is 6.07 Å². The van der Waals surface area contributed by atoms with E-state index in [1.807, 2.05) is 6.92 Å². The number of ether oxygens (including phenoxy) is 1. The molecule has 0 amide bonds. The molecular weight excluding hydrogens is 276 g/mol. The zero-order valence-electron chi connectivity index (χ0n) is 10.1. The van der Waals surface area contributed by atoms with Gasteiger partial charge in [-0.15, -0.1) is 0 Å². The van der Waals surface area contributed by atoms with Gasteiger partial charge in [0, 0.05) is 24.7 Å². The normalized spacial score (nSPS) is 11.7. The van der Waals surface area contributed by atoms with E-state index >= 15 is 0 Å². The summed E-state index contributed by atoms with van der Waals surface area (Å²) in [4.78, 5) is 0.126. The zero-order valence-corrected chi connectivity index (χ0v) is 11.7. The van der Waals surface area contributed by atoms with Crippen molar-refractivity contribution in [2.24, 2.45) is 5.73 Å². The Morgan fingerprint density at radius 2 is 2.17 bits per heavy atom. The molecule has 0 fully saturated rings. The third-order valence-electron chi connectivity index (χ3n) is 2.30. The average molecular weight is 293 g/mol. The molecule has 0 heterocycles. The van der Waals surface area contributed by atoms with E-state index in [2.05, 4.69) is 4.72 Å². The third kappa shape index (κ3) is 4.22. The lowest BCUT2D eigenvalue weighted by Gasteiger charge is -2.08. The fourth-order valence-corrected chi connectivity index (χ4v) is 2.70. The van der Waals surface area contributed by atoms with Crippen molar-refractivity contribution in [2.45, 2.75) is 18.4 Å². The van der Waals surface area contributed by atoms with Crippen LogP contribution in [-0.2, 0) is 21.3 Å². The molecule has 0 aliphatic carbocycles. The van der Waals surface area contributed by atoms with E-state index in [0.29, 0.717) is 23.8 Å². The predicted molar refractivity (Wildman–Crippen MR) is 71.0 cm³/mol. The van der Waals surface area contributed by atoms with Crippen LogP contribution in [0, 0.1) is 0 Å². The minimum atomic E-state index is -3.54. The molecule has 0 atom stereocenters. The van der Waals surface area contributed by atoms with Crippen molar-refractivity contribution in [3.8, 4) is 0 Å². The molecule has 5 nitrogen and oxygen atoms in total. The second kappa shape index (κ2) is 7.06. The van der Waals surface area contributed by atoms with E-state index in [-0.39, 0.29) is 18.0 Å². The molecule has 1 rings (SSSR count). The fraction of sp³-hybridized carbons (Fsp3) is 0.455. The van der Waals surface area contributed by atoms with Gasteiger partial charge < -0.3 is 10.5 Å². The maximum absolute atomic E-state index is 11.9. The predicted octanol–water partition coefficient (Wildman–Crippen LogP) is 1.11. The van der Waals surface area contributed by atoms with Crippen molar-refractivity contribution >= 4 is 21.6 Å². The fourth-order valence-electron chi connectivity index (χ4n) is 1.34. The van der Waals surface area contributed by atoms with E-state index in [1.165, 1.54) is 12.1 Å². The van der Waals surface area contributed by atoms with Crippen LogP contribution in [-0.4, -0.2) is 28.2 Å². The zero-order chi connectivity index (χ0) is 13.6. The standard InChI is InChI=1S/C11H17ClN2O3S/c1-2-17-6-5-14-18(15,16)10-4-3-9(8-13)11(12)7-10/h3-4,7,14H,2,5-6,8,13H2,1H3. The van der Waals surface area contributed by atoms with Gasteiger partial charge >= 0.3 is 0 Å². The quantitative estimate of drug-likeness (QED) is 0.738. The van der Waals surface area contributed by atoms with Crippen LogP contribution >= 0.6 is 11.6 Å². The topological polar surface area (TPSA) is 81.4 Å². The number of rotatable bonds is 7. The van der Waals surface area contributed by atoms with Gasteiger partial charge in [0.05, 0.1) is 11.5 Å². The molecule has 0 saturated heterocycles. The molecule has 102 valence electrons. The number of hydrogen-bond donors (Lipinski definition) is 2. The second-order valence-corrected chi connectivity index (χ2v) is 5.73. The number of hydrogen-bond acceptors (Lipinski definition) is 4. The Bertz CT molecular complexity index is 491. The van der Waals surface area contributed by atoms with Crippen molar-refractivity contribution < 1.29 is 13.2 Å². The Labute approximate surface area is 112 Å². The van der Waals surface area contributed by atoms with Gasteiger partial charge in [0.2, 0.25) is 10.0 Å². The smallest absolute Gasteiger partial charge is 0.240 e. The van der Waals surface area contributed by atoms with Crippen LogP contribution in [0.4, 0.5) is 0 Å². The van der Waals surface area contributed by atoms with Crippen LogP contribution < -0.4 is 10.5 Å². The van der Waals surface area contributed by atoms with Gasteiger partial charge in [-0.25, -0.2) is 13.1 Å². The van der Waals surface area contributed by atoms with Crippen LogP contribution in [0.3, 0.4) is 0 Å². The molecule has 0 unspecified atom stereocenters. The summed E-state index contributed by atoms with van der Waals surface area (Å²) >= 11 is 5.92. The summed E-state index contributed by atoms with van der Waals surface area (Å²) in [7, 11) is -3.54. The minimum Gasteiger partial charge on any atom is -0.380 e. The molecule has 0 bridgehead atoms. The van der Waals surface area contributed by atoms with Gasteiger partial charge in [-0.05, 0) is 24.6 Å². The highest BCUT2D eigenvalue weighted by Crippen LogP contribution is 2.20. The van der Waals surface area contributed by atoms with Crippen molar-refractivity contribution in [2.75, 3.05) is 19.8 Å². The first-order valence-electron chi connectivity index (χ1n) is 5.57. The molecule has 1 aromatic carbocycles. The molecule has 0 saturated carbocycles. The van der Waals surface area contributed by atoms with Crippen LogP contribution in [0.5, 0.6) is 0 Å².